The van der Waals surface area contributed by atoms with Crippen LogP contribution in [0.4, 0.5) is 13.2 Å². The van der Waals surface area contributed by atoms with Crippen molar-refractivity contribution < 1.29 is 17.9 Å². The van der Waals surface area contributed by atoms with Crippen molar-refractivity contribution >= 4 is 28.5 Å². The van der Waals surface area contributed by atoms with Crippen LogP contribution in [0.15, 0.2) is 29.3 Å². The van der Waals surface area contributed by atoms with E-state index in [0.29, 0.717) is 11.5 Å². The highest BCUT2D eigenvalue weighted by Gasteiger charge is 2.32. The van der Waals surface area contributed by atoms with Gasteiger partial charge in [-0.1, -0.05) is 28.7 Å². The van der Waals surface area contributed by atoms with Crippen LogP contribution in [-0.2, 0) is 10.9 Å². The van der Waals surface area contributed by atoms with E-state index in [1.807, 2.05) is 6.92 Å². The van der Waals surface area contributed by atoms with Crippen LogP contribution in [0.25, 0.3) is 0 Å². The van der Waals surface area contributed by atoms with Gasteiger partial charge in [0, 0.05) is 9.99 Å². The second kappa shape index (κ2) is 5.07. The molecule has 0 saturated heterocycles. The van der Waals surface area contributed by atoms with Crippen LogP contribution in [0.3, 0.4) is 0 Å². The van der Waals surface area contributed by atoms with E-state index in [4.69, 9.17) is 4.74 Å². The summed E-state index contributed by atoms with van der Waals surface area (Å²) in [7, 11) is 0. The van der Waals surface area contributed by atoms with Gasteiger partial charge < -0.3 is 4.74 Å². The summed E-state index contributed by atoms with van der Waals surface area (Å²) in [4.78, 5) is 4.30. The Morgan fingerprint density at radius 1 is 1.39 bits per heavy atom. The Kier molecular flexibility index (Phi) is 3.84. The summed E-state index contributed by atoms with van der Waals surface area (Å²) >= 11 is 2.19. The van der Waals surface area contributed by atoms with E-state index < -0.39 is 11.7 Å². The highest BCUT2D eigenvalue weighted by Crippen LogP contribution is 2.30. The van der Waals surface area contributed by atoms with Gasteiger partial charge in [-0.25, -0.2) is 4.99 Å². The molecule has 0 radical (unpaired) electrons. The first-order chi connectivity index (χ1) is 8.41. The quantitative estimate of drug-likeness (QED) is 0.576. The Morgan fingerprint density at radius 3 is 2.67 bits per heavy atom. The first kappa shape index (κ1) is 13.6. The predicted molar refractivity (Wildman–Crippen MR) is 71.2 cm³/mol. The van der Waals surface area contributed by atoms with Crippen molar-refractivity contribution in [1.82, 2.24) is 0 Å². The van der Waals surface area contributed by atoms with Gasteiger partial charge >= 0.3 is 6.18 Å². The van der Waals surface area contributed by atoms with Gasteiger partial charge in [0.25, 0.3) is 0 Å². The van der Waals surface area contributed by atoms with Crippen molar-refractivity contribution in [3.63, 3.8) is 0 Å². The lowest BCUT2D eigenvalue weighted by molar-refractivity contribution is -0.137. The molecule has 2 unspecified atom stereocenters. The number of nitrogens with zero attached hydrogens (tertiary/aromatic N) is 1. The molecule has 1 aliphatic rings. The van der Waals surface area contributed by atoms with E-state index in [0.717, 1.165) is 16.6 Å². The van der Waals surface area contributed by atoms with E-state index >= 15 is 0 Å². The van der Waals surface area contributed by atoms with Crippen molar-refractivity contribution in [3.8, 4) is 0 Å². The normalized spacial score (nSPS) is 23.7. The molecule has 6 heteroatoms. The topological polar surface area (TPSA) is 21.6 Å². The van der Waals surface area contributed by atoms with Crippen LogP contribution in [-0.4, -0.2) is 22.5 Å². The molecule has 2 atom stereocenters. The molecule has 0 N–H and O–H groups in total. The second-order valence-electron chi connectivity index (χ2n) is 4.06. The molecule has 0 aliphatic carbocycles. The summed E-state index contributed by atoms with van der Waals surface area (Å²) in [6.45, 7) is 1.87. The fourth-order valence-corrected chi connectivity index (χ4v) is 2.58. The van der Waals surface area contributed by atoms with Gasteiger partial charge in [0.15, 0.2) is 0 Å². The van der Waals surface area contributed by atoms with Crippen LogP contribution in [0, 0.1) is 0 Å². The molecule has 0 bridgehead atoms. The van der Waals surface area contributed by atoms with Crippen LogP contribution in [0.5, 0.6) is 0 Å². The molecule has 1 aromatic rings. The predicted octanol–water partition coefficient (Wildman–Crippen LogP) is 3.67. The summed E-state index contributed by atoms with van der Waals surface area (Å²) in [6, 6.07) is 5.07. The smallest absolute Gasteiger partial charge is 0.416 e. The molecule has 0 amide bonds. The molecule has 18 heavy (non-hydrogen) atoms. The summed E-state index contributed by atoms with van der Waals surface area (Å²) in [5.74, 6) is 0.301. The first-order valence-corrected chi connectivity index (χ1v) is 6.92. The van der Waals surface area contributed by atoms with Crippen LogP contribution < -0.4 is 0 Å². The molecule has 1 aromatic carbocycles. The summed E-state index contributed by atoms with van der Waals surface area (Å²) in [6.07, 6.45) is -4.44. The Bertz CT molecular complexity index is 473. The average molecular weight is 369 g/mol. The van der Waals surface area contributed by atoms with Crippen molar-refractivity contribution in [1.29, 1.82) is 0 Å². The van der Waals surface area contributed by atoms with Crippen molar-refractivity contribution in [2.24, 2.45) is 4.99 Å². The zero-order valence-corrected chi connectivity index (χ0v) is 11.7. The van der Waals surface area contributed by atoms with Gasteiger partial charge in [0.1, 0.15) is 6.10 Å². The van der Waals surface area contributed by atoms with Crippen molar-refractivity contribution in [2.45, 2.75) is 25.2 Å². The van der Waals surface area contributed by atoms with E-state index in [2.05, 4.69) is 27.6 Å². The molecule has 0 aromatic heterocycles. The van der Waals surface area contributed by atoms with Gasteiger partial charge in [0.2, 0.25) is 5.90 Å². The van der Waals surface area contributed by atoms with E-state index in [1.165, 1.54) is 6.07 Å². The van der Waals surface area contributed by atoms with Gasteiger partial charge in [-0.2, -0.15) is 13.2 Å². The molecule has 0 spiro atoms. The zero-order chi connectivity index (χ0) is 13.3. The number of alkyl halides is 4. The third-order valence-corrected chi connectivity index (χ3v) is 3.62. The molecule has 98 valence electrons. The molecule has 0 fully saturated rings. The molecular weight excluding hydrogens is 358 g/mol. The number of hydrogen-bond donors (Lipinski definition) is 0. The van der Waals surface area contributed by atoms with E-state index in [1.54, 1.807) is 6.07 Å². The Hall–Kier alpha value is -0.790. The van der Waals surface area contributed by atoms with Crippen LogP contribution in [0.1, 0.15) is 18.1 Å². The highest BCUT2D eigenvalue weighted by atomic mass is 127. The van der Waals surface area contributed by atoms with Crippen molar-refractivity contribution in [3.05, 3.63) is 35.4 Å². The summed E-state index contributed by atoms with van der Waals surface area (Å²) < 4.78 is 44.1. The monoisotopic (exact) mass is 369 g/mol. The molecular formula is C12H11F3INO. The lowest BCUT2D eigenvalue weighted by Gasteiger charge is -2.10. The average Bonchev–Trinajstić information content (AvgIpc) is 2.70. The lowest BCUT2D eigenvalue weighted by Crippen LogP contribution is -2.19. The minimum Gasteiger partial charge on any atom is -0.472 e. The number of halogens is 4. The van der Waals surface area contributed by atoms with Crippen molar-refractivity contribution in [2.75, 3.05) is 4.43 Å². The SMILES string of the molecule is CC1OC(c2cccc(C(F)(F)F)c2)=NC1CI. The Balaban J connectivity index is 2.30. The zero-order valence-electron chi connectivity index (χ0n) is 9.54. The summed E-state index contributed by atoms with van der Waals surface area (Å²) in [5, 5.41) is 0. The number of benzene rings is 1. The van der Waals surface area contributed by atoms with E-state index in [-0.39, 0.29) is 12.1 Å². The molecule has 2 rings (SSSR count). The fourth-order valence-electron chi connectivity index (χ4n) is 1.67. The fraction of sp³-hybridized carbons (Fsp3) is 0.417. The molecule has 1 heterocycles. The number of hydrogen-bond acceptors (Lipinski definition) is 2. The largest absolute Gasteiger partial charge is 0.472 e. The van der Waals surface area contributed by atoms with Gasteiger partial charge in [-0.05, 0) is 25.1 Å². The highest BCUT2D eigenvalue weighted by molar-refractivity contribution is 14.1. The molecule has 0 saturated carbocycles. The summed E-state index contributed by atoms with van der Waals surface area (Å²) in [5.41, 5.74) is -0.305. The third kappa shape index (κ3) is 2.78. The second-order valence-corrected chi connectivity index (χ2v) is 4.94. The lowest BCUT2D eigenvalue weighted by atomic mass is 10.1. The van der Waals surface area contributed by atoms with Gasteiger partial charge in [-0.3, -0.25) is 0 Å². The van der Waals surface area contributed by atoms with E-state index in [9.17, 15) is 13.2 Å². The van der Waals surface area contributed by atoms with Crippen LogP contribution >= 0.6 is 22.6 Å². The minimum atomic E-state index is -4.34. The standard InChI is InChI=1S/C12H11F3INO/c1-7-10(6-16)17-11(18-7)8-3-2-4-9(5-8)12(13,14)15/h2-5,7,10H,6H2,1H3. The van der Waals surface area contributed by atoms with Crippen LogP contribution in [0.2, 0.25) is 0 Å². The molecule has 1 aliphatic heterocycles. The number of aliphatic imine (C=N–C) groups is 1. The van der Waals surface area contributed by atoms with Gasteiger partial charge in [-0.15, -0.1) is 0 Å². The minimum absolute atomic E-state index is 0.00939. The Morgan fingerprint density at radius 2 is 2.11 bits per heavy atom. The number of ether oxygens (including phenoxy) is 1. The first-order valence-electron chi connectivity index (χ1n) is 5.40. The maximum Gasteiger partial charge on any atom is 0.416 e. The molecule has 2 nitrogen and oxygen atoms in total. The Labute approximate surface area is 116 Å². The maximum absolute atomic E-state index is 12.6. The number of rotatable bonds is 2. The maximum atomic E-state index is 12.6. The third-order valence-electron chi connectivity index (χ3n) is 2.72. The van der Waals surface area contributed by atoms with Gasteiger partial charge in [0.05, 0.1) is 11.6 Å².